The first-order chi connectivity index (χ1) is 8.70. The standard InChI is InChI=1S/C15H24N2O/c1-12-6-4-3-5-9-17(12)11-13-7-8-15(18-2)14(16)10-13/h7-8,10,12H,3-6,9,11,16H2,1-2H3. The molecule has 1 saturated heterocycles. The minimum atomic E-state index is 0.677. The Morgan fingerprint density at radius 1 is 1.33 bits per heavy atom. The van der Waals surface area contributed by atoms with Crippen molar-refractivity contribution >= 4 is 5.69 Å². The van der Waals surface area contributed by atoms with Gasteiger partial charge in [0.2, 0.25) is 0 Å². The van der Waals surface area contributed by atoms with Gasteiger partial charge in [0.15, 0.2) is 0 Å². The van der Waals surface area contributed by atoms with Crippen molar-refractivity contribution in [2.24, 2.45) is 0 Å². The molecule has 18 heavy (non-hydrogen) atoms. The van der Waals surface area contributed by atoms with Crippen molar-refractivity contribution in [3.05, 3.63) is 23.8 Å². The topological polar surface area (TPSA) is 38.5 Å². The molecule has 1 heterocycles. The fourth-order valence-corrected chi connectivity index (χ4v) is 2.69. The second-order valence-corrected chi connectivity index (χ2v) is 5.25. The maximum absolute atomic E-state index is 5.96. The molecule has 1 fully saturated rings. The van der Waals surface area contributed by atoms with Gasteiger partial charge in [-0.05, 0) is 44.0 Å². The van der Waals surface area contributed by atoms with E-state index in [1.807, 2.05) is 12.1 Å². The zero-order valence-electron chi connectivity index (χ0n) is 11.5. The van der Waals surface area contributed by atoms with Gasteiger partial charge in [-0.3, -0.25) is 4.90 Å². The lowest BCUT2D eigenvalue weighted by Crippen LogP contribution is -2.31. The third kappa shape index (κ3) is 3.16. The Bertz CT molecular complexity index is 392. The number of benzene rings is 1. The number of nitrogens with zero attached hydrogens (tertiary/aromatic N) is 1. The van der Waals surface area contributed by atoms with E-state index in [1.54, 1.807) is 7.11 Å². The van der Waals surface area contributed by atoms with Crippen molar-refractivity contribution in [3.63, 3.8) is 0 Å². The molecule has 1 unspecified atom stereocenters. The molecule has 3 heteroatoms. The van der Waals surface area contributed by atoms with Crippen LogP contribution in [0.4, 0.5) is 5.69 Å². The highest BCUT2D eigenvalue weighted by atomic mass is 16.5. The highest BCUT2D eigenvalue weighted by Crippen LogP contribution is 2.24. The molecule has 0 radical (unpaired) electrons. The Morgan fingerprint density at radius 2 is 2.17 bits per heavy atom. The lowest BCUT2D eigenvalue weighted by Gasteiger charge is -2.27. The molecular formula is C15H24N2O. The van der Waals surface area contributed by atoms with E-state index in [1.165, 1.54) is 37.8 Å². The average molecular weight is 248 g/mol. The lowest BCUT2D eigenvalue weighted by atomic mass is 10.1. The Kier molecular flexibility index (Phi) is 4.48. The van der Waals surface area contributed by atoms with Crippen molar-refractivity contribution in [2.75, 3.05) is 19.4 Å². The van der Waals surface area contributed by atoms with Crippen LogP contribution in [0.3, 0.4) is 0 Å². The largest absolute Gasteiger partial charge is 0.495 e. The van der Waals surface area contributed by atoms with Crippen LogP contribution in [0.15, 0.2) is 18.2 Å². The van der Waals surface area contributed by atoms with E-state index in [0.29, 0.717) is 6.04 Å². The number of methoxy groups -OCH3 is 1. The first-order valence-corrected chi connectivity index (χ1v) is 6.87. The van der Waals surface area contributed by atoms with Gasteiger partial charge >= 0.3 is 0 Å². The predicted molar refractivity (Wildman–Crippen MR) is 75.7 cm³/mol. The number of ether oxygens (including phenoxy) is 1. The van der Waals surface area contributed by atoms with Crippen molar-refractivity contribution in [1.29, 1.82) is 0 Å². The van der Waals surface area contributed by atoms with Crippen molar-refractivity contribution in [2.45, 2.75) is 45.2 Å². The van der Waals surface area contributed by atoms with Gasteiger partial charge in [-0.2, -0.15) is 0 Å². The molecule has 0 saturated carbocycles. The molecule has 3 nitrogen and oxygen atoms in total. The summed E-state index contributed by atoms with van der Waals surface area (Å²) in [4.78, 5) is 2.56. The van der Waals surface area contributed by atoms with Gasteiger partial charge in [0.05, 0.1) is 12.8 Å². The summed E-state index contributed by atoms with van der Waals surface area (Å²) in [5, 5.41) is 0. The SMILES string of the molecule is COc1ccc(CN2CCCCCC2C)cc1N. The van der Waals surface area contributed by atoms with Crippen LogP contribution in [-0.4, -0.2) is 24.6 Å². The maximum atomic E-state index is 5.96. The molecule has 2 rings (SSSR count). The van der Waals surface area contributed by atoms with Crippen molar-refractivity contribution in [3.8, 4) is 5.75 Å². The van der Waals surface area contributed by atoms with Crippen molar-refractivity contribution < 1.29 is 4.74 Å². The molecule has 0 bridgehead atoms. The highest BCUT2D eigenvalue weighted by molar-refractivity contribution is 5.54. The molecule has 2 N–H and O–H groups in total. The van der Waals surface area contributed by atoms with E-state index in [9.17, 15) is 0 Å². The number of likely N-dealkylation sites (tertiary alicyclic amines) is 1. The number of hydrogen-bond donors (Lipinski definition) is 1. The number of rotatable bonds is 3. The van der Waals surface area contributed by atoms with Crippen LogP contribution in [0.2, 0.25) is 0 Å². The molecule has 1 aromatic carbocycles. The third-order valence-corrected chi connectivity index (χ3v) is 3.87. The van der Waals surface area contributed by atoms with Crippen LogP contribution in [0.25, 0.3) is 0 Å². The Labute approximate surface area is 110 Å². The zero-order valence-corrected chi connectivity index (χ0v) is 11.5. The summed E-state index contributed by atoms with van der Waals surface area (Å²) in [6, 6.07) is 6.80. The molecule has 0 aromatic heterocycles. The van der Waals surface area contributed by atoms with Gasteiger partial charge in [0, 0.05) is 12.6 Å². The van der Waals surface area contributed by atoms with E-state index < -0.39 is 0 Å². The van der Waals surface area contributed by atoms with E-state index in [2.05, 4.69) is 17.9 Å². The molecule has 0 amide bonds. The minimum absolute atomic E-state index is 0.677. The van der Waals surface area contributed by atoms with Gasteiger partial charge in [-0.25, -0.2) is 0 Å². The molecule has 1 atom stereocenters. The second-order valence-electron chi connectivity index (χ2n) is 5.25. The third-order valence-electron chi connectivity index (χ3n) is 3.87. The Morgan fingerprint density at radius 3 is 2.89 bits per heavy atom. The smallest absolute Gasteiger partial charge is 0.141 e. The maximum Gasteiger partial charge on any atom is 0.141 e. The van der Waals surface area contributed by atoms with Gasteiger partial charge in [0.25, 0.3) is 0 Å². The van der Waals surface area contributed by atoms with E-state index in [0.717, 1.165) is 18.0 Å². The van der Waals surface area contributed by atoms with Gasteiger partial charge in [-0.1, -0.05) is 18.9 Å². The van der Waals surface area contributed by atoms with Crippen LogP contribution in [0.1, 0.15) is 38.2 Å². The van der Waals surface area contributed by atoms with Gasteiger partial charge < -0.3 is 10.5 Å². The lowest BCUT2D eigenvalue weighted by molar-refractivity contribution is 0.205. The summed E-state index contributed by atoms with van der Waals surface area (Å²) in [7, 11) is 1.66. The van der Waals surface area contributed by atoms with Gasteiger partial charge in [0.1, 0.15) is 5.75 Å². The molecule has 0 spiro atoms. The molecule has 100 valence electrons. The van der Waals surface area contributed by atoms with Crippen LogP contribution in [0, 0.1) is 0 Å². The number of hydrogen-bond acceptors (Lipinski definition) is 3. The molecule has 1 aromatic rings. The first-order valence-electron chi connectivity index (χ1n) is 6.87. The fraction of sp³-hybridized carbons (Fsp3) is 0.600. The average Bonchev–Trinajstić information content (AvgIpc) is 2.55. The minimum Gasteiger partial charge on any atom is -0.495 e. The monoisotopic (exact) mass is 248 g/mol. The van der Waals surface area contributed by atoms with E-state index in [4.69, 9.17) is 10.5 Å². The van der Waals surface area contributed by atoms with Crippen LogP contribution in [-0.2, 0) is 6.54 Å². The number of nitrogens with two attached hydrogens (primary N) is 1. The zero-order chi connectivity index (χ0) is 13.0. The fourth-order valence-electron chi connectivity index (χ4n) is 2.69. The molecule has 1 aliphatic heterocycles. The molecular weight excluding hydrogens is 224 g/mol. The summed E-state index contributed by atoms with van der Waals surface area (Å²) in [5.41, 5.74) is 7.97. The van der Waals surface area contributed by atoms with E-state index in [-0.39, 0.29) is 0 Å². The van der Waals surface area contributed by atoms with Crippen LogP contribution >= 0.6 is 0 Å². The van der Waals surface area contributed by atoms with Gasteiger partial charge in [-0.15, -0.1) is 0 Å². The summed E-state index contributed by atoms with van der Waals surface area (Å²) in [6.45, 7) is 4.53. The Hall–Kier alpha value is -1.22. The number of anilines is 1. The summed E-state index contributed by atoms with van der Waals surface area (Å²) in [5.74, 6) is 0.766. The normalized spacial score (nSPS) is 21.6. The summed E-state index contributed by atoms with van der Waals surface area (Å²) >= 11 is 0. The Balaban J connectivity index is 2.05. The number of nitrogen functional groups attached to an aromatic ring is 1. The highest BCUT2D eigenvalue weighted by Gasteiger charge is 2.17. The van der Waals surface area contributed by atoms with E-state index >= 15 is 0 Å². The quantitative estimate of drug-likeness (QED) is 0.836. The molecule has 0 aliphatic carbocycles. The first kappa shape index (κ1) is 13.2. The molecule has 1 aliphatic rings. The predicted octanol–water partition coefficient (Wildman–Crippen LogP) is 3.04. The van der Waals surface area contributed by atoms with Crippen molar-refractivity contribution in [1.82, 2.24) is 4.90 Å². The summed E-state index contributed by atoms with van der Waals surface area (Å²) < 4.78 is 5.19. The van der Waals surface area contributed by atoms with Crippen LogP contribution < -0.4 is 10.5 Å². The summed E-state index contributed by atoms with van der Waals surface area (Å²) in [6.07, 6.45) is 5.36. The van der Waals surface area contributed by atoms with Crippen LogP contribution in [0.5, 0.6) is 5.75 Å². The second kappa shape index (κ2) is 6.10.